The van der Waals surface area contributed by atoms with Gasteiger partial charge in [-0.05, 0) is 5.92 Å². The molecular weight excluding hydrogens is 154 g/mol. The van der Waals surface area contributed by atoms with Crippen molar-refractivity contribution in [3.63, 3.8) is 0 Å². The van der Waals surface area contributed by atoms with E-state index in [1.54, 1.807) is 0 Å². The smallest absolute Gasteiger partial charge is 0.244 e. The molecule has 0 rings (SSSR count). The second-order valence-electron chi connectivity index (χ2n) is 2.93. The molecule has 1 N–H and O–H groups in total. The average Bonchev–Trinajstić information content (AvgIpc) is 2.00. The molecule has 0 unspecified atom stereocenters. The lowest BCUT2D eigenvalue weighted by Gasteiger charge is -2.06. The van der Waals surface area contributed by atoms with Crippen LogP contribution in [0.25, 0.3) is 0 Å². The van der Waals surface area contributed by atoms with Gasteiger partial charge in [0.1, 0.15) is 0 Å². The molecule has 0 bridgehead atoms. The van der Waals surface area contributed by atoms with Crippen LogP contribution in [0.5, 0.6) is 0 Å². The van der Waals surface area contributed by atoms with Crippen LogP contribution in [0.4, 0.5) is 0 Å². The van der Waals surface area contributed by atoms with Crippen LogP contribution in [0.3, 0.4) is 0 Å². The fourth-order valence-electron chi connectivity index (χ4n) is 0.526. The van der Waals surface area contributed by atoms with Gasteiger partial charge in [-0.1, -0.05) is 13.8 Å². The maximum Gasteiger partial charge on any atom is 0.244 e. The Kier molecular flexibility index (Phi) is 6.12. The minimum atomic E-state index is -0.159. The number of carbonyl (C=O) groups excluding carboxylic acids is 1. The molecule has 68 valence electrons. The lowest BCUT2D eigenvalue weighted by Crippen LogP contribution is -2.25. The summed E-state index contributed by atoms with van der Waals surface area (Å²) in [6.07, 6.45) is 5.77. The number of terminal acetylenes is 1. The van der Waals surface area contributed by atoms with E-state index in [-0.39, 0.29) is 5.91 Å². The van der Waals surface area contributed by atoms with E-state index < -0.39 is 0 Å². The summed E-state index contributed by atoms with van der Waals surface area (Å²) >= 11 is 0. The minimum Gasteiger partial charge on any atom is -0.273 e. The van der Waals surface area contributed by atoms with E-state index in [1.165, 1.54) is 0 Å². The predicted octanol–water partition coefficient (Wildman–Crippen LogP) is 1.10. The van der Waals surface area contributed by atoms with Gasteiger partial charge in [0.15, 0.2) is 0 Å². The first kappa shape index (κ1) is 11.0. The van der Waals surface area contributed by atoms with Crippen molar-refractivity contribution in [2.24, 2.45) is 5.92 Å². The van der Waals surface area contributed by atoms with Crippen LogP contribution in [-0.2, 0) is 9.63 Å². The second kappa shape index (κ2) is 6.68. The van der Waals surface area contributed by atoms with Gasteiger partial charge in [-0.3, -0.25) is 9.63 Å². The average molecular weight is 169 g/mol. The maximum atomic E-state index is 10.9. The Balaban J connectivity index is 3.27. The van der Waals surface area contributed by atoms with Gasteiger partial charge in [0.05, 0.1) is 6.61 Å². The van der Waals surface area contributed by atoms with Gasteiger partial charge in [-0.15, -0.1) is 12.3 Å². The molecule has 0 aromatic carbocycles. The van der Waals surface area contributed by atoms with Crippen LogP contribution in [0.15, 0.2) is 0 Å². The van der Waals surface area contributed by atoms with E-state index >= 15 is 0 Å². The molecule has 3 nitrogen and oxygen atoms in total. The summed E-state index contributed by atoms with van der Waals surface area (Å²) in [4.78, 5) is 15.7. The molecule has 0 heterocycles. The molecule has 0 atom stereocenters. The predicted molar refractivity (Wildman–Crippen MR) is 47.0 cm³/mol. The number of hydroxylamine groups is 1. The monoisotopic (exact) mass is 169 g/mol. The third-order valence-corrected chi connectivity index (χ3v) is 1.10. The van der Waals surface area contributed by atoms with Crippen molar-refractivity contribution in [2.45, 2.75) is 26.7 Å². The molecule has 0 saturated carbocycles. The van der Waals surface area contributed by atoms with E-state index in [9.17, 15) is 4.79 Å². The summed E-state index contributed by atoms with van der Waals surface area (Å²) in [5.41, 5.74) is 2.31. The van der Waals surface area contributed by atoms with Gasteiger partial charge in [-0.25, -0.2) is 5.48 Å². The lowest BCUT2D eigenvalue weighted by atomic mass is 10.2. The zero-order valence-electron chi connectivity index (χ0n) is 7.59. The van der Waals surface area contributed by atoms with Crippen molar-refractivity contribution >= 4 is 5.91 Å². The Morgan fingerprint density at radius 2 is 2.33 bits per heavy atom. The Hall–Kier alpha value is -1.01. The highest BCUT2D eigenvalue weighted by molar-refractivity contribution is 5.74. The zero-order chi connectivity index (χ0) is 9.40. The minimum absolute atomic E-state index is 0.159. The van der Waals surface area contributed by atoms with Gasteiger partial charge in [0, 0.05) is 12.8 Å². The van der Waals surface area contributed by atoms with E-state index in [1.807, 2.05) is 13.8 Å². The summed E-state index contributed by atoms with van der Waals surface area (Å²) in [7, 11) is 0. The summed E-state index contributed by atoms with van der Waals surface area (Å²) in [5, 5.41) is 0. The van der Waals surface area contributed by atoms with E-state index in [0.717, 1.165) is 0 Å². The molecule has 12 heavy (non-hydrogen) atoms. The summed E-state index contributed by atoms with van der Waals surface area (Å²) in [6, 6.07) is 0. The first-order chi connectivity index (χ1) is 5.66. The van der Waals surface area contributed by atoms with Crippen molar-refractivity contribution in [3.8, 4) is 12.3 Å². The second-order valence-corrected chi connectivity index (χ2v) is 2.93. The number of carbonyl (C=O) groups is 1. The van der Waals surface area contributed by atoms with Gasteiger partial charge in [0.2, 0.25) is 5.91 Å². The molecule has 0 spiro atoms. The van der Waals surface area contributed by atoms with E-state index in [2.05, 4.69) is 11.4 Å². The molecule has 0 aliphatic carbocycles. The molecule has 1 amide bonds. The van der Waals surface area contributed by atoms with Crippen LogP contribution < -0.4 is 5.48 Å². The molecule has 0 aliphatic rings. The number of nitrogens with one attached hydrogen (secondary N) is 1. The fourth-order valence-corrected chi connectivity index (χ4v) is 0.526. The van der Waals surface area contributed by atoms with Gasteiger partial charge < -0.3 is 0 Å². The Labute approximate surface area is 73.4 Å². The van der Waals surface area contributed by atoms with Crippen LogP contribution in [-0.4, -0.2) is 12.5 Å². The highest BCUT2D eigenvalue weighted by Crippen LogP contribution is 1.91. The third kappa shape index (κ3) is 7.10. The molecule has 0 saturated heterocycles. The highest BCUT2D eigenvalue weighted by atomic mass is 16.6. The SMILES string of the molecule is C#CCCC(=O)NOCC(C)C. The largest absolute Gasteiger partial charge is 0.273 e. The Morgan fingerprint density at radius 1 is 1.67 bits per heavy atom. The standard InChI is InChI=1S/C9H15NO2/c1-4-5-6-9(11)10-12-7-8(2)3/h1,8H,5-7H2,2-3H3,(H,10,11). The Morgan fingerprint density at radius 3 is 2.83 bits per heavy atom. The van der Waals surface area contributed by atoms with Crippen LogP contribution in [0.2, 0.25) is 0 Å². The molecule has 0 aliphatic heterocycles. The van der Waals surface area contributed by atoms with Crippen molar-refractivity contribution in [1.82, 2.24) is 5.48 Å². The number of hydrogen-bond donors (Lipinski definition) is 1. The van der Waals surface area contributed by atoms with Crippen molar-refractivity contribution in [1.29, 1.82) is 0 Å². The highest BCUT2D eigenvalue weighted by Gasteiger charge is 1.99. The fraction of sp³-hybridized carbons (Fsp3) is 0.667. The van der Waals surface area contributed by atoms with E-state index in [0.29, 0.717) is 25.4 Å². The first-order valence-corrected chi connectivity index (χ1v) is 4.01. The maximum absolute atomic E-state index is 10.9. The van der Waals surface area contributed by atoms with Gasteiger partial charge >= 0.3 is 0 Å². The van der Waals surface area contributed by atoms with Crippen molar-refractivity contribution in [2.75, 3.05) is 6.61 Å². The number of hydrogen-bond acceptors (Lipinski definition) is 2. The van der Waals surface area contributed by atoms with Crippen LogP contribution >= 0.6 is 0 Å². The molecule has 0 aromatic heterocycles. The lowest BCUT2D eigenvalue weighted by molar-refractivity contribution is -0.134. The van der Waals surface area contributed by atoms with E-state index in [4.69, 9.17) is 11.3 Å². The first-order valence-electron chi connectivity index (χ1n) is 4.01. The molecular formula is C9H15NO2. The van der Waals surface area contributed by atoms with Gasteiger partial charge in [-0.2, -0.15) is 0 Å². The Bertz CT molecular complexity index is 170. The normalized spacial score (nSPS) is 9.50. The van der Waals surface area contributed by atoms with Crippen LogP contribution in [0, 0.1) is 18.3 Å². The molecule has 0 fully saturated rings. The quantitative estimate of drug-likeness (QED) is 0.494. The summed E-state index contributed by atoms with van der Waals surface area (Å²) < 4.78 is 0. The van der Waals surface area contributed by atoms with Gasteiger partial charge in [0.25, 0.3) is 0 Å². The molecule has 0 radical (unpaired) electrons. The summed E-state index contributed by atoms with van der Waals surface area (Å²) in [6.45, 7) is 4.54. The molecule has 0 aromatic rings. The number of rotatable bonds is 5. The van der Waals surface area contributed by atoms with Crippen molar-refractivity contribution in [3.05, 3.63) is 0 Å². The third-order valence-electron chi connectivity index (χ3n) is 1.10. The molecule has 3 heteroatoms. The zero-order valence-corrected chi connectivity index (χ0v) is 7.59. The van der Waals surface area contributed by atoms with Crippen molar-refractivity contribution < 1.29 is 9.63 Å². The topological polar surface area (TPSA) is 38.3 Å². The van der Waals surface area contributed by atoms with Crippen LogP contribution in [0.1, 0.15) is 26.7 Å². The summed E-state index contributed by atoms with van der Waals surface area (Å²) in [5.74, 6) is 2.64. The number of amides is 1.